The lowest BCUT2D eigenvalue weighted by Gasteiger charge is -2.28. The van der Waals surface area contributed by atoms with E-state index in [4.69, 9.17) is 16.3 Å². The first-order valence-electron chi connectivity index (χ1n) is 8.04. The average Bonchev–Trinajstić information content (AvgIpc) is 2.50. The first-order chi connectivity index (χ1) is 10.2. The van der Waals surface area contributed by atoms with Gasteiger partial charge >= 0.3 is 6.01 Å². The molecule has 1 saturated carbocycles. The maximum absolute atomic E-state index is 6.04. The second-order valence-corrected chi connectivity index (χ2v) is 6.57. The number of hydrogen-bond donors (Lipinski definition) is 0. The van der Waals surface area contributed by atoms with Crippen molar-refractivity contribution in [2.75, 3.05) is 18.0 Å². The fourth-order valence-electron chi connectivity index (χ4n) is 3.11. The number of aromatic nitrogens is 3. The van der Waals surface area contributed by atoms with E-state index in [2.05, 4.69) is 26.8 Å². The third kappa shape index (κ3) is 3.96. The lowest BCUT2D eigenvalue weighted by Crippen LogP contribution is -2.31. The maximum atomic E-state index is 6.04. The smallest absolute Gasteiger partial charge is 0.322 e. The second-order valence-electron chi connectivity index (χ2n) is 6.23. The Balaban J connectivity index is 1.68. The highest BCUT2D eigenvalue weighted by molar-refractivity contribution is 6.28. The minimum Gasteiger partial charge on any atom is -0.460 e. The first kappa shape index (κ1) is 14.8. The van der Waals surface area contributed by atoms with Gasteiger partial charge in [-0.1, -0.05) is 6.92 Å². The quantitative estimate of drug-likeness (QED) is 0.855. The van der Waals surface area contributed by atoms with Crippen LogP contribution in [0, 0.1) is 5.92 Å². The van der Waals surface area contributed by atoms with Crippen LogP contribution in [0.3, 0.4) is 0 Å². The van der Waals surface area contributed by atoms with Crippen molar-refractivity contribution in [3.8, 4) is 6.01 Å². The van der Waals surface area contributed by atoms with Gasteiger partial charge in [-0.3, -0.25) is 0 Å². The summed E-state index contributed by atoms with van der Waals surface area (Å²) >= 11 is 6.04. The normalized spacial score (nSPS) is 26.7. The zero-order valence-corrected chi connectivity index (χ0v) is 13.3. The van der Waals surface area contributed by atoms with Gasteiger partial charge in [0.05, 0.1) is 0 Å². The second kappa shape index (κ2) is 6.77. The van der Waals surface area contributed by atoms with E-state index in [1.165, 1.54) is 32.1 Å². The number of nitrogens with zero attached hydrogens (tertiary/aromatic N) is 4. The molecular weight excluding hydrogens is 288 g/mol. The highest BCUT2D eigenvalue weighted by atomic mass is 35.5. The van der Waals surface area contributed by atoms with E-state index in [0.717, 1.165) is 31.8 Å². The number of hydrogen-bond acceptors (Lipinski definition) is 5. The summed E-state index contributed by atoms with van der Waals surface area (Å²) < 4.78 is 5.94. The lowest BCUT2D eigenvalue weighted by molar-refractivity contribution is 0.124. The van der Waals surface area contributed by atoms with Gasteiger partial charge in [-0.2, -0.15) is 15.0 Å². The molecule has 0 bridgehead atoms. The summed E-state index contributed by atoms with van der Waals surface area (Å²) in [5.41, 5.74) is 0. The van der Waals surface area contributed by atoms with Crippen LogP contribution in [0.25, 0.3) is 0 Å². The van der Waals surface area contributed by atoms with Gasteiger partial charge in [0.2, 0.25) is 11.2 Å². The number of piperidine rings is 1. The van der Waals surface area contributed by atoms with Crippen LogP contribution in [-0.4, -0.2) is 34.1 Å². The van der Waals surface area contributed by atoms with Gasteiger partial charge in [0.1, 0.15) is 6.10 Å². The molecule has 0 radical (unpaired) electrons. The Bertz CT molecular complexity index is 471. The fourth-order valence-corrected chi connectivity index (χ4v) is 3.25. The van der Waals surface area contributed by atoms with Crippen LogP contribution in [0.15, 0.2) is 0 Å². The predicted molar refractivity (Wildman–Crippen MR) is 82.9 cm³/mol. The third-order valence-corrected chi connectivity index (χ3v) is 4.62. The van der Waals surface area contributed by atoms with Crippen molar-refractivity contribution < 1.29 is 4.74 Å². The third-order valence-electron chi connectivity index (χ3n) is 4.45. The number of rotatable bonds is 3. The molecule has 0 aromatic carbocycles. The molecular formula is C15H23ClN4O. The molecule has 0 spiro atoms. The minimum absolute atomic E-state index is 0.217. The Labute approximate surface area is 131 Å². The van der Waals surface area contributed by atoms with Crippen LogP contribution >= 0.6 is 11.6 Å². The van der Waals surface area contributed by atoms with E-state index in [1.54, 1.807) is 0 Å². The van der Waals surface area contributed by atoms with Gasteiger partial charge in [0.15, 0.2) is 0 Å². The van der Waals surface area contributed by atoms with Crippen LogP contribution in [0.1, 0.15) is 51.9 Å². The predicted octanol–water partition coefficient (Wildman–Crippen LogP) is 3.47. The topological polar surface area (TPSA) is 51.1 Å². The molecule has 2 aliphatic rings. The number of ether oxygens (including phenoxy) is 1. The highest BCUT2D eigenvalue weighted by Gasteiger charge is 2.22. The fraction of sp³-hybridized carbons (Fsp3) is 0.800. The minimum atomic E-state index is 0.217. The largest absolute Gasteiger partial charge is 0.460 e. The molecule has 21 heavy (non-hydrogen) atoms. The summed E-state index contributed by atoms with van der Waals surface area (Å²) in [5.74, 6) is 1.46. The highest BCUT2D eigenvalue weighted by Crippen LogP contribution is 2.27. The molecule has 0 amide bonds. The summed E-state index contributed by atoms with van der Waals surface area (Å²) in [4.78, 5) is 15.0. The molecule has 1 aliphatic carbocycles. The summed E-state index contributed by atoms with van der Waals surface area (Å²) in [5, 5.41) is 0.227. The van der Waals surface area contributed by atoms with E-state index >= 15 is 0 Å². The molecule has 2 heterocycles. The molecule has 0 unspecified atom stereocenters. The van der Waals surface area contributed by atoms with E-state index in [0.29, 0.717) is 12.0 Å². The molecule has 3 rings (SSSR count). The van der Waals surface area contributed by atoms with Gasteiger partial charge in [0, 0.05) is 13.1 Å². The van der Waals surface area contributed by atoms with Gasteiger partial charge in [-0.05, 0) is 62.5 Å². The van der Waals surface area contributed by atoms with Crippen molar-refractivity contribution in [1.82, 2.24) is 15.0 Å². The Hall–Kier alpha value is -1.10. The maximum Gasteiger partial charge on any atom is 0.322 e. The molecule has 6 heteroatoms. The average molecular weight is 311 g/mol. The van der Waals surface area contributed by atoms with Crippen molar-refractivity contribution in [3.05, 3.63) is 5.28 Å². The summed E-state index contributed by atoms with van der Waals surface area (Å²) in [7, 11) is 0. The first-order valence-corrected chi connectivity index (χ1v) is 8.41. The van der Waals surface area contributed by atoms with Gasteiger partial charge in [0.25, 0.3) is 0 Å². The molecule has 1 aromatic heterocycles. The van der Waals surface area contributed by atoms with Gasteiger partial charge < -0.3 is 9.64 Å². The van der Waals surface area contributed by atoms with Crippen LogP contribution in [0.4, 0.5) is 5.95 Å². The van der Waals surface area contributed by atoms with Gasteiger partial charge in [-0.25, -0.2) is 0 Å². The van der Waals surface area contributed by atoms with Crippen molar-refractivity contribution in [3.63, 3.8) is 0 Å². The monoisotopic (exact) mass is 310 g/mol. The molecule has 1 aliphatic heterocycles. The van der Waals surface area contributed by atoms with Crippen molar-refractivity contribution in [2.45, 2.75) is 58.0 Å². The summed E-state index contributed by atoms with van der Waals surface area (Å²) in [6.45, 7) is 4.27. The Morgan fingerprint density at radius 2 is 1.71 bits per heavy atom. The SMILES string of the molecule is CC1CCC(Oc2nc(Cl)nc(N3CCCCC3)n2)CC1. The molecule has 2 fully saturated rings. The van der Waals surface area contributed by atoms with Crippen LogP contribution in [0.5, 0.6) is 6.01 Å². The molecule has 1 saturated heterocycles. The zero-order chi connectivity index (χ0) is 14.7. The Kier molecular flexibility index (Phi) is 4.78. The molecule has 1 aromatic rings. The van der Waals surface area contributed by atoms with Crippen molar-refractivity contribution in [1.29, 1.82) is 0 Å². The molecule has 116 valence electrons. The van der Waals surface area contributed by atoms with E-state index in [1.807, 2.05) is 0 Å². The lowest BCUT2D eigenvalue weighted by atomic mass is 9.89. The van der Waals surface area contributed by atoms with Crippen molar-refractivity contribution >= 4 is 17.5 Å². The summed E-state index contributed by atoms with van der Waals surface area (Å²) in [6.07, 6.45) is 8.42. The van der Waals surface area contributed by atoms with Gasteiger partial charge in [-0.15, -0.1) is 0 Å². The standard InChI is InChI=1S/C15H23ClN4O/c1-11-5-7-12(8-6-11)21-15-18-13(16)17-14(19-15)20-9-3-2-4-10-20/h11-12H,2-10H2,1H3. The van der Waals surface area contributed by atoms with Crippen LogP contribution < -0.4 is 9.64 Å². The van der Waals surface area contributed by atoms with E-state index in [-0.39, 0.29) is 11.4 Å². The molecule has 5 nitrogen and oxygen atoms in total. The molecule has 0 N–H and O–H groups in total. The Morgan fingerprint density at radius 3 is 2.43 bits per heavy atom. The zero-order valence-electron chi connectivity index (χ0n) is 12.6. The number of halogens is 1. The van der Waals surface area contributed by atoms with Crippen LogP contribution in [0.2, 0.25) is 5.28 Å². The Morgan fingerprint density at radius 1 is 1.00 bits per heavy atom. The summed E-state index contributed by atoms with van der Waals surface area (Å²) in [6, 6.07) is 0.384. The number of anilines is 1. The van der Waals surface area contributed by atoms with E-state index < -0.39 is 0 Å². The van der Waals surface area contributed by atoms with Crippen LogP contribution in [-0.2, 0) is 0 Å². The molecule has 0 atom stereocenters. The van der Waals surface area contributed by atoms with Crippen molar-refractivity contribution in [2.24, 2.45) is 5.92 Å². The van der Waals surface area contributed by atoms with E-state index in [9.17, 15) is 0 Å².